The molecular weight excluding hydrogens is 350 g/mol. The van der Waals surface area contributed by atoms with Gasteiger partial charge in [0.05, 0.1) is 0 Å². The molecule has 0 spiro atoms. The van der Waals surface area contributed by atoms with Gasteiger partial charge in [0.2, 0.25) is 5.91 Å². The predicted octanol–water partition coefficient (Wildman–Crippen LogP) is 3.72. The summed E-state index contributed by atoms with van der Waals surface area (Å²) in [6, 6.07) is 16.8. The minimum absolute atomic E-state index is 0.0276. The predicted molar refractivity (Wildman–Crippen MR) is 96.2 cm³/mol. The van der Waals surface area contributed by atoms with Crippen LogP contribution in [-0.4, -0.2) is 18.9 Å². The van der Waals surface area contributed by atoms with Crippen LogP contribution < -0.4 is 4.72 Å². The summed E-state index contributed by atoms with van der Waals surface area (Å²) in [5, 5.41) is 0. The minimum atomic E-state index is -4.33. The summed E-state index contributed by atoms with van der Waals surface area (Å²) in [5.41, 5.74) is 4.98. The molecule has 0 saturated heterocycles. The van der Waals surface area contributed by atoms with Gasteiger partial charge in [0.15, 0.2) is 0 Å². The topological polar surface area (TPSA) is 83.5 Å². The zero-order valence-electron chi connectivity index (χ0n) is 13.5. The summed E-state index contributed by atoms with van der Waals surface area (Å²) >= 11 is 5.84. The standard InChI is InChI=1S/C14H13Cl.C3H7NO4S/c1-11-7-8-12(10-15)9-14(11)13-5-3-2-4-6-13;1-2-3(5)4-9(6,7)8/h2-9H,10H2,1H3;2H2,1H3,(H,4,5)(H,6,7,8). The SMILES string of the molecule is CCC(=O)NS(=O)(=O)O.Cc1ccc(CCl)cc1-c1ccccc1. The van der Waals surface area contributed by atoms with Crippen molar-refractivity contribution in [1.29, 1.82) is 0 Å². The van der Waals surface area contributed by atoms with Crippen LogP contribution >= 0.6 is 11.6 Å². The van der Waals surface area contributed by atoms with E-state index in [1.165, 1.54) is 33.9 Å². The molecule has 0 aliphatic carbocycles. The third-order valence-electron chi connectivity index (χ3n) is 3.11. The lowest BCUT2D eigenvalue weighted by Gasteiger charge is -2.07. The van der Waals surface area contributed by atoms with E-state index in [-0.39, 0.29) is 6.42 Å². The number of alkyl halides is 1. The van der Waals surface area contributed by atoms with E-state index in [0.29, 0.717) is 5.88 Å². The number of amides is 1. The van der Waals surface area contributed by atoms with Crippen molar-refractivity contribution >= 4 is 27.8 Å². The Bertz CT molecular complexity index is 776. The highest BCUT2D eigenvalue weighted by atomic mass is 35.5. The molecule has 0 saturated carbocycles. The number of rotatable bonds is 4. The highest BCUT2D eigenvalue weighted by molar-refractivity contribution is 7.84. The molecule has 0 heterocycles. The lowest BCUT2D eigenvalue weighted by Crippen LogP contribution is -2.28. The molecule has 2 rings (SSSR count). The van der Waals surface area contributed by atoms with Crippen molar-refractivity contribution in [2.45, 2.75) is 26.1 Å². The van der Waals surface area contributed by atoms with Crippen molar-refractivity contribution in [3.63, 3.8) is 0 Å². The van der Waals surface area contributed by atoms with Crippen LogP contribution in [0.4, 0.5) is 0 Å². The summed E-state index contributed by atoms with van der Waals surface area (Å²) in [5.74, 6) is -0.155. The Morgan fingerprint density at radius 3 is 2.25 bits per heavy atom. The number of benzene rings is 2. The quantitative estimate of drug-likeness (QED) is 0.635. The molecule has 0 unspecified atom stereocenters. The zero-order chi connectivity index (χ0) is 18.2. The summed E-state index contributed by atoms with van der Waals surface area (Å²) in [6.07, 6.45) is 0.0276. The van der Waals surface area contributed by atoms with E-state index in [4.69, 9.17) is 16.2 Å². The molecule has 0 atom stereocenters. The van der Waals surface area contributed by atoms with Crippen molar-refractivity contribution in [1.82, 2.24) is 4.72 Å². The van der Waals surface area contributed by atoms with Crippen molar-refractivity contribution in [3.8, 4) is 11.1 Å². The average Bonchev–Trinajstić information content (AvgIpc) is 2.55. The number of aryl methyl sites for hydroxylation is 1. The van der Waals surface area contributed by atoms with Crippen LogP contribution in [-0.2, 0) is 21.0 Å². The Hall–Kier alpha value is -1.89. The lowest BCUT2D eigenvalue weighted by atomic mass is 9.99. The first-order chi connectivity index (χ1) is 11.3. The van der Waals surface area contributed by atoms with Crippen molar-refractivity contribution < 1.29 is 17.8 Å². The second-order valence-corrected chi connectivity index (χ2v) is 6.42. The minimum Gasteiger partial charge on any atom is -0.274 e. The van der Waals surface area contributed by atoms with Gasteiger partial charge in [-0.1, -0.05) is 49.4 Å². The van der Waals surface area contributed by atoms with E-state index in [1.807, 2.05) is 6.07 Å². The van der Waals surface area contributed by atoms with E-state index < -0.39 is 16.2 Å². The average molecular weight is 370 g/mol. The highest BCUT2D eigenvalue weighted by Crippen LogP contribution is 2.24. The Morgan fingerprint density at radius 1 is 1.17 bits per heavy atom. The first kappa shape index (κ1) is 20.2. The molecule has 0 radical (unpaired) electrons. The van der Waals surface area contributed by atoms with Crippen LogP contribution in [0.5, 0.6) is 0 Å². The summed E-state index contributed by atoms with van der Waals surface area (Å²) in [4.78, 5) is 10.2. The first-order valence-electron chi connectivity index (χ1n) is 7.25. The van der Waals surface area contributed by atoms with Gasteiger partial charge in [-0.2, -0.15) is 8.42 Å². The molecule has 2 N–H and O–H groups in total. The summed E-state index contributed by atoms with van der Waals surface area (Å²) < 4.78 is 29.0. The van der Waals surface area contributed by atoms with E-state index in [2.05, 4.69) is 49.4 Å². The Labute approximate surface area is 147 Å². The molecule has 24 heavy (non-hydrogen) atoms. The molecule has 0 fully saturated rings. The number of nitrogens with one attached hydrogen (secondary N) is 1. The van der Waals surface area contributed by atoms with Gasteiger partial charge in [-0.3, -0.25) is 9.35 Å². The van der Waals surface area contributed by atoms with E-state index >= 15 is 0 Å². The first-order valence-corrected chi connectivity index (χ1v) is 9.23. The van der Waals surface area contributed by atoms with E-state index in [9.17, 15) is 13.2 Å². The summed E-state index contributed by atoms with van der Waals surface area (Å²) in [7, 11) is -4.33. The maximum absolute atomic E-state index is 10.2. The third kappa shape index (κ3) is 7.12. The lowest BCUT2D eigenvalue weighted by molar-refractivity contribution is -0.119. The molecule has 0 bridgehead atoms. The number of halogens is 1. The van der Waals surface area contributed by atoms with Crippen LogP contribution in [0.15, 0.2) is 48.5 Å². The molecule has 0 aromatic heterocycles. The molecular formula is C17H20ClNO4S. The van der Waals surface area contributed by atoms with Crippen molar-refractivity contribution in [2.75, 3.05) is 0 Å². The molecule has 0 aliphatic heterocycles. The fraction of sp³-hybridized carbons (Fsp3) is 0.235. The van der Waals surface area contributed by atoms with Crippen molar-refractivity contribution in [3.05, 3.63) is 59.7 Å². The molecule has 2 aromatic carbocycles. The van der Waals surface area contributed by atoms with Crippen molar-refractivity contribution in [2.24, 2.45) is 0 Å². The second-order valence-electron chi connectivity index (χ2n) is 5.00. The van der Waals surface area contributed by atoms with Crippen LogP contribution in [0.25, 0.3) is 11.1 Å². The molecule has 2 aromatic rings. The zero-order valence-corrected chi connectivity index (χ0v) is 15.1. The molecule has 7 heteroatoms. The number of hydrogen-bond acceptors (Lipinski definition) is 3. The fourth-order valence-electron chi connectivity index (χ4n) is 1.90. The van der Waals surface area contributed by atoms with E-state index in [1.54, 1.807) is 0 Å². The van der Waals surface area contributed by atoms with Gasteiger partial charge in [0.1, 0.15) is 0 Å². The smallest absolute Gasteiger partial charge is 0.274 e. The van der Waals surface area contributed by atoms with Gasteiger partial charge in [0, 0.05) is 12.3 Å². The number of carbonyl (C=O) groups excluding carboxylic acids is 1. The van der Waals surface area contributed by atoms with Crippen LogP contribution in [0.1, 0.15) is 24.5 Å². The second kappa shape index (κ2) is 9.42. The van der Waals surface area contributed by atoms with Gasteiger partial charge in [0.25, 0.3) is 0 Å². The van der Waals surface area contributed by atoms with Gasteiger partial charge < -0.3 is 0 Å². The number of carbonyl (C=O) groups is 1. The molecule has 0 aliphatic rings. The van der Waals surface area contributed by atoms with E-state index in [0.717, 1.165) is 0 Å². The largest absolute Gasteiger partial charge is 0.359 e. The maximum atomic E-state index is 10.2. The van der Waals surface area contributed by atoms with Gasteiger partial charge in [-0.15, -0.1) is 11.6 Å². The Kier molecular flexibility index (Phi) is 7.91. The fourth-order valence-corrected chi connectivity index (χ4v) is 2.50. The molecule has 130 valence electrons. The van der Waals surface area contributed by atoms with Crippen LogP contribution in [0, 0.1) is 6.92 Å². The third-order valence-corrected chi connectivity index (χ3v) is 3.90. The van der Waals surface area contributed by atoms with Gasteiger partial charge >= 0.3 is 10.3 Å². The molecule has 5 nitrogen and oxygen atoms in total. The van der Waals surface area contributed by atoms with Gasteiger partial charge in [-0.05, 0) is 35.2 Å². The number of hydrogen-bond donors (Lipinski definition) is 2. The van der Waals surface area contributed by atoms with Crippen LogP contribution in [0.3, 0.4) is 0 Å². The van der Waals surface area contributed by atoms with Gasteiger partial charge in [-0.25, -0.2) is 4.72 Å². The Morgan fingerprint density at radius 2 is 1.79 bits per heavy atom. The summed E-state index contributed by atoms with van der Waals surface area (Å²) in [6.45, 7) is 3.60. The highest BCUT2D eigenvalue weighted by Gasteiger charge is 2.06. The Balaban J connectivity index is 0.000000277. The maximum Gasteiger partial charge on any atom is 0.359 e. The molecule has 1 amide bonds. The monoisotopic (exact) mass is 369 g/mol. The normalized spacial score (nSPS) is 10.5. The van der Waals surface area contributed by atoms with Crippen LogP contribution in [0.2, 0.25) is 0 Å².